The SMILES string of the molecule is C=C/C=C(\C=C)Oc1ccc(NC(=O)[C@@](C)(N)CO)cc1. The Morgan fingerprint density at radius 3 is 2.52 bits per heavy atom. The third-order valence-electron chi connectivity index (χ3n) is 2.68. The maximum Gasteiger partial charge on any atom is 0.246 e. The molecule has 21 heavy (non-hydrogen) atoms. The summed E-state index contributed by atoms with van der Waals surface area (Å²) in [5, 5.41) is 11.7. The minimum atomic E-state index is -1.32. The number of hydrogen-bond acceptors (Lipinski definition) is 4. The molecule has 0 bridgehead atoms. The Hall–Kier alpha value is -2.37. The zero-order chi connectivity index (χ0) is 15.9. The lowest BCUT2D eigenvalue weighted by Gasteiger charge is -2.20. The van der Waals surface area contributed by atoms with Gasteiger partial charge in [0.25, 0.3) is 0 Å². The summed E-state index contributed by atoms with van der Waals surface area (Å²) < 4.78 is 5.55. The largest absolute Gasteiger partial charge is 0.457 e. The van der Waals surface area contributed by atoms with Crippen LogP contribution in [0.1, 0.15) is 6.92 Å². The van der Waals surface area contributed by atoms with E-state index in [-0.39, 0.29) is 0 Å². The first kappa shape index (κ1) is 16.7. The normalized spacial score (nSPS) is 14.0. The van der Waals surface area contributed by atoms with E-state index in [0.29, 0.717) is 17.2 Å². The highest BCUT2D eigenvalue weighted by atomic mass is 16.5. The van der Waals surface area contributed by atoms with Crippen LogP contribution in [0.15, 0.2) is 61.4 Å². The number of anilines is 1. The van der Waals surface area contributed by atoms with Gasteiger partial charge >= 0.3 is 0 Å². The summed E-state index contributed by atoms with van der Waals surface area (Å²) in [6.45, 7) is 8.24. The molecule has 0 aliphatic rings. The Morgan fingerprint density at radius 2 is 2.05 bits per heavy atom. The Labute approximate surface area is 124 Å². The van der Waals surface area contributed by atoms with Gasteiger partial charge in [0.2, 0.25) is 5.91 Å². The summed E-state index contributed by atoms with van der Waals surface area (Å²) in [7, 11) is 0. The molecule has 1 atom stereocenters. The predicted octanol–water partition coefficient (Wildman–Crippen LogP) is 1.97. The van der Waals surface area contributed by atoms with Crippen molar-refractivity contribution in [1.82, 2.24) is 0 Å². The highest BCUT2D eigenvalue weighted by Gasteiger charge is 2.27. The maximum absolute atomic E-state index is 11.8. The third kappa shape index (κ3) is 4.91. The van der Waals surface area contributed by atoms with E-state index in [1.54, 1.807) is 42.5 Å². The fourth-order valence-corrected chi connectivity index (χ4v) is 1.35. The second kappa shape index (κ2) is 7.42. The standard InChI is InChI=1S/C16H20N2O3/c1-4-6-13(5-2)21-14-9-7-12(8-10-14)18-15(20)16(3,17)11-19/h4-10,19H,1-2,11,17H2,3H3,(H,18,20)/b13-6+/t16-/m0/s1. The molecule has 0 aliphatic carbocycles. The molecule has 0 saturated carbocycles. The van der Waals surface area contributed by atoms with Crippen LogP contribution in [-0.2, 0) is 4.79 Å². The second-order valence-electron chi connectivity index (χ2n) is 4.67. The summed E-state index contributed by atoms with van der Waals surface area (Å²) in [4.78, 5) is 11.8. The summed E-state index contributed by atoms with van der Waals surface area (Å²) in [5.74, 6) is 0.701. The zero-order valence-electron chi connectivity index (χ0n) is 12.0. The van der Waals surface area contributed by atoms with E-state index in [0.717, 1.165) is 0 Å². The van der Waals surface area contributed by atoms with E-state index in [1.165, 1.54) is 6.92 Å². The summed E-state index contributed by atoms with van der Waals surface area (Å²) in [6.07, 6.45) is 4.85. The monoisotopic (exact) mass is 288 g/mol. The van der Waals surface area contributed by atoms with E-state index in [9.17, 15) is 4.79 Å². The van der Waals surface area contributed by atoms with Crippen molar-refractivity contribution in [3.05, 3.63) is 61.4 Å². The molecule has 4 N–H and O–H groups in total. The van der Waals surface area contributed by atoms with E-state index in [4.69, 9.17) is 15.6 Å². The maximum atomic E-state index is 11.8. The lowest BCUT2D eigenvalue weighted by atomic mass is 10.0. The van der Waals surface area contributed by atoms with Gasteiger partial charge in [-0.25, -0.2) is 0 Å². The Kier molecular flexibility index (Phi) is 5.90. The molecule has 1 aromatic rings. The number of hydrogen-bond donors (Lipinski definition) is 3. The number of allylic oxidation sites excluding steroid dienone is 3. The topological polar surface area (TPSA) is 84.6 Å². The first-order valence-corrected chi connectivity index (χ1v) is 6.37. The number of aliphatic hydroxyl groups is 1. The molecule has 0 aliphatic heterocycles. The molecule has 0 spiro atoms. The number of carbonyl (C=O) groups is 1. The van der Waals surface area contributed by atoms with Gasteiger partial charge in [-0.2, -0.15) is 0 Å². The summed E-state index contributed by atoms with van der Waals surface area (Å²) in [5.41, 5.74) is 4.88. The average molecular weight is 288 g/mol. The molecule has 1 rings (SSSR count). The third-order valence-corrected chi connectivity index (χ3v) is 2.68. The number of aliphatic hydroxyl groups excluding tert-OH is 1. The number of nitrogens with one attached hydrogen (secondary N) is 1. The van der Waals surface area contributed by atoms with Gasteiger partial charge < -0.3 is 20.9 Å². The van der Waals surface area contributed by atoms with Gasteiger partial charge in [0.1, 0.15) is 17.0 Å². The number of nitrogens with two attached hydrogens (primary N) is 1. The molecular formula is C16H20N2O3. The Morgan fingerprint density at radius 1 is 1.43 bits per heavy atom. The quantitative estimate of drug-likeness (QED) is 0.529. The van der Waals surface area contributed by atoms with Crippen molar-refractivity contribution in [2.75, 3.05) is 11.9 Å². The molecule has 0 unspecified atom stereocenters. The highest BCUT2D eigenvalue weighted by molar-refractivity contribution is 5.97. The van der Waals surface area contributed by atoms with Crippen molar-refractivity contribution in [2.24, 2.45) is 5.73 Å². The van der Waals surface area contributed by atoms with Crippen molar-refractivity contribution in [2.45, 2.75) is 12.5 Å². The Balaban J connectivity index is 2.75. The van der Waals surface area contributed by atoms with E-state index in [2.05, 4.69) is 18.5 Å². The van der Waals surface area contributed by atoms with Gasteiger partial charge in [-0.05, 0) is 43.3 Å². The fourth-order valence-electron chi connectivity index (χ4n) is 1.35. The molecule has 0 radical (unpaired) electrons. The van der Waals surface area contributed by atoms with Crippen LogP contribution in [0.25, 0.3) is 0 Å². The van der Waals surface area contributed by atoms with Gasteiger partial charge in [-0.1, -0.05) is 19.2 Å². The van der Waals surface area contributed by atoms with Crippen molar-refractivity contribution in [3.8, 4) is 5.75 Å². The summed E-state index contributed by atoms with van der Waals surface area (Å²) in [6, 6.07) is 6.75. The van der Waals surface area contributed by atoms with Crippen LogP contribution in [0.3, 0.4) is 0 Å². The first-order valence-electron chi connectivity index (χ1n) is 6.37. The molecule has 1 amide bonds. The molecule has 0 heterocycles. The molecule has 112 valence electrons. The van der Waals surface area contributed by atoms with Crippen LogP contribution in [0, 0.1) is 0 Å². The van der Waals surface area contributed by atoms with Crippen LogP contribution in [0.5, 0.6) is 5.75 Å². The van der Waals surface area contributed by atoms with Crippen LogP contribution in [0.2, 0.25) is 0 Å². The van der Waals surface area contributed by atoms with Gasteiger partial charge in [0.15, 0.2) is 0 Å². The lowest BCUT2D eigenvalue weighted by Crippen LogP contribution is -2.51. The van der Waals surface area contributed by atoms with Crippen LogP contribution >= 0.6 is 0 Å². The molecule has 5 nitrogen and oxygen atoms in total. The second-order valence-corrected chi connectivity index (χ2v) is 4.67. The minimum Gasteiger partial charge on any atom is -0.457 e. The van der Waals surface area contributed by atoms with Gasteiger partial charge in [0.05, 0.1) is 6.61 Å². The number of carbonyl (C=O) groups excluding carboxylic acids is 1. The summed E-state index contributed by atoms with van der Waals surface area (Å²) >= 11 is 0. The predicted molar refractivity (Wildman–Crippen MR) is 83.9 cm³/mol. The Bertz CT molecular complexity index is 545. The van der Waals surface area contributed by atoms with E-state index in [1.807, 2.05) is 0 Å². The lowest BCUT2D eigenvalue weighted by molar-refractivity contribution is -0.121. The zero-order valence-corrected chi connectivity index (χ0v) is 12.0. The number of ether oxygens (including phenoxy) is 1. The van der Waals surface area contributed by atoms with Crippen LogP contribution in [0.4, 0.5) is 5.69 Å². The smallest absolute Gasteiger partial charge is 0.246 e. The van der Waals surface area contributed by atoms with Crippen molar-refractivity contribution in [1.29, 1.82) is 0 Å². The number of rotatable bonds is 7. The molecular weight excluding hydrogens is 268 g/mol. The molecule has 0 aromatic heterocycles. The highest BCUT2D eigenvalue weighted by Crippen LogP contribution is 2.19. The van der Waals surface area contributed by atoms with Gasteiger partial charge in [-0.15, -0.1) is 0 Å². The minimum absolute atomic E-state index is 0.435. The molecule has 0 saturated heterocycles. The molecule has 5 heteroatoms. The fraction of sp³-hybridized carbons (Fsp3) is 0.188. The van der Waals surface area contributed by atoms with Crippen molar-refractivity contribution >= 4 is 11.6 Å². The number of benzene rings is 1. The van der Waals surface area contributed by atoms with Gasteiger partial charge in [0, 0.05) is 5.69 Å². The average Bonchev–Trinajstić information content (AvgIpc) is 2.48. The van der Waals surface area contributed by atoms with Crippen LogP contribution < -0.4 is 15.8 Å². The first-order chi connectivity index (χ1) is 9.92. The van der Waals surface area contributed by atoms with E-state index >= 15 is 0 Å². The number of amides is 1. The van der Waals surface area contributed by atoms with Crippen LogP contribution in [-0.4, -0.2) is 23.2 Å². The van der Waals surface area contributed by atoms with Crippen molar-refractivity contribution < 1.29 is 14.6 Å². The van der Waals surface area contributed by atoms with Crippen molar-refractivity contribution in [3.63, 3.8) is 0 Å². The van der Waals surface area contributed by atoms with Gasteiger partial charge in [-0.3, -0.25) is 4.79 Å². The van der Waals surface area contributed by atoms with E-state index < -0.39 is 18.1 Å². The molecule has 1 aromatic carbocycles. The molecule has 0 fully saturated rings.